The van der Waals surface area contributed by atoms with Gasteiger partial charge in [0, 0.05) is 11.3 Å². The van der Waals surface area contributed by atoms with E-state index in [0.29, 0.717) is 16.8 Å². The standard InChI is InChI=1S/C23H26N4O4/c1-14(2)20(26-21(29)17-8-4-6-15(3)10-17)22(30)25-18-9-5-7-16(11-18)13-27-19(28)12-24-23(27)31/h4-11,14,20H,12-13H2,1-3H3,(H,24,31)(H,25,30)(H,26,29). The van der Waals surface area contributed by atoms with Crippen LogP contribution < -0.4 is 16.0 Å². The molecule has 1 aliphatic rings. The predicted molar refractivity (Wildman–Crippen MR) is 116 cm³/mol. The Kier molecular flexibility index (Phi) is 6.69. The van der Waals surface area contributed by atoms with Crippen molar-refractivity contribution in [2.75, 3.05) is 11.9 Å². The van der Waals surface area contributed by atoms with Gasteiger partial charge >= 0.3 is 6.03 Å². The fourth-order valence-electron chi connectivity index (χ4n) is 3.31. The number of nitrogens with zero attached hydrogens (tertiary/aromatic N) is 1. The van der Waals surface area contributed by atoms with Crippen LogP contribution in [0.2, 0.25) is 0 Å². The third-order valence-electron chi connectivity index (χ3n) is 4.99. The average Bonchev–Trinajstić information content (AvgIpc) is 3.03. The molecule has 1 unspecified atom stereocenters. The van der Waals surface area contributed by atoms with Crippen LogP contribution in [0.5, 0.6) is 0 Å². The van der Waals surface area contributed by atoms with Crippen molar-refractivity contribution in [2.24, 2.45) is 5.92 Å². The van der Waals surface area contributed by atoms with E-state index >= 15 is 0 Å². The van der Waals surface area contributed by atoms with Crippen molar-refractivity contribution < 1.29 is 19.2 Å². The van der Waals surface area contributed by atoms with Gasteiger partial charge in [-0.1, -0.05) is 43.7 Å². The third kappa shape index (κ3) is 5.48. The van der Waals surface area contributed by atoms with Crippen LogP contribution in [0.1, 0.15) is 35.3 Å². The molecule has 162 valence electrons. The Labute approximate surface area is 181 Å². The second-order valence-electron chi connectivity index (χ2n) is 7.89. The SMILES string of the molecule is Cc1cccc(C(=O)NC(C(=O)Nc2cccc(CN3C(=O)CNC3=O)c2)C(C)C)c1. The Morgan fingerprint density at radius 3 is 2.48 bits per heavy atom. The van der Waals surface area contributed by atoms with E-state index in [9.17, 15) is 19.2 Å². The highest BCUT2D eigenvalue weighted by Gasteiger charge is 2.28. The minimum absolute atomic E-state index is 0.00797. The quantitative estimate of drug-likeness (QED) is 0.596. The van der Waals surface area contributed by atoms with Crippen LogP contribution in [0, 0.1) is 12.8 Å². The lowest BCUT2D eigenvalue weighted by molar-refractivity contribution is -0.125. The van der Waals surface area contributed by atoms with Gasteiger partial charge in [-0.3, -0.25) is 19.3 Å². The van der Waals surface area contributed by atoms with E-state index in [4.69, 9.17) is 0 Å². The molecular weight excluding hydrogens is 396 g/mol. The van der Waals surface area contributed by atoms with Gasteiger partial charge in [0.05, 0.1) is 13.1 Å². The number of imide groups is 1. The van der Waals surface area contributed by atoms with Crippen LogP contribution in [0.4, 0.5) is 10.5 Å². The van der Waals surface area contributed by atoms with Crippen molar-refractivity contribution in [1.29, 1.82) is 0 Å². The summed E-state index contributed by atoms with van der Waals surface area (Å²) in [4.78, 5) is 50.2. The van der Waals surface area contributed by atoms with Crippen molar-refractivity contribution >= 4 is 29.4 Å². The van der Waals surface area contributed by atoms with E-state index in [1.807, 2.05) is 26.8 Å². The first-order chi connectivity index (χ1) is 14.7. The largest absolute Gasteiger partial charge is 0.340 e. The first-order valence-electron chi connectivity index (χ1n) is 10.1. The van der Waals surface area contributed by atoms with Crippen molar-refractivity contribution in [2.45, 2.75) is 33.4 Å². The van der Waals surface area contributed by atoms with Crippen LogP contribution in [-0.4, -0.2) is 41.2 Å². The van der Waals surface area contributed by atoms with Crippen molar-refractivity contribution in [3.63, 3.8) is 0 Å². The van der Waals surface area contributed by atoms with Gasteiger partial charge in [-0.25, -0.2) is 4.79 Å². The summed E-state index contributed by atoms with van der Waals surface area (Å²) >= 11 is 0. The lowest BCUT2D eigenvalue weighted by Crippen LogP contribution is -2.47. The molecule has 1 atom stereocenters. The highest BCUT2D eigenvalue weighted by molar-refractivity contribution is 6.02. The van der Waals surface area contributed by atoms with Gasteiger partial charge in [0.25, 0.3) is 5.91 Å². The number of carbonyl (C=O) groups is 4. The molecule has 0 aliphatic carbocycles. The summed E-state index contributed by atoms with van der Waals surface area (Å²) in [6.07, 6.45) is 0. The maximum atomic E-state index is 12.9. The third-order valence-corrected chi connectivity index (χ3v) is 4.99. The molecule has 1 saturated heterocycles. The van der Waals surface area contributed by atoms with E-state index < -0.39 is 12.1 Å². The van der Waals surface area contributed by atoms with Crippen LogP contribution in [-0.2, 0) is 16.1 Å². The zero-order valence-corrected chi connectivity index (χ0v) is 17.8. The number of nitrogens with one attached hydrogen (secondary N) is 3. The fraction of sp³-hybridized carbons (Fsp3) is 0.304. The minimum Gasteiger partial charge on any atom is -0.340 e. The monoisotopic (exact) mass is 422 g/mol. The van der Waals surface area contributed by atoms with Gasteiger partial charge in [-0.05, 0) is 42.7 Å². The molecule has 31 heavy (non-hydrogen) atoms. The van der Waals surface area contributed by atoms with Gasteiger partial charge in [0.1, 0.15) is 6.04 Å². The number of hydrogen-bond donors (Lipinski definition) is 3. The summed E-state index contributed by atoms with van der Waals surface area (Å²) in [7, 11) is 0. The number of hydrogen-bond acceptors (Lipinski definition) is 4. The molecule has 0 aromatic heterocycles. The highest BCUT2D eigenvalue weighted by Crippen LogP contribution is 2.16. The predicted octanol–water partition coefficient (Wildman–Crippen LogP) is 2.44. The summed E-state index contributed by atoms with van der Waals surface area (Å²) in [5.74, 6) is -1.09. The maximum absolute atomic E-state index is 12.9. The van der Waals surface area contributed by atoms with Crippen LogP contribution in [0.15, 0.2) is 48.5 Å². The van der Waals surface area contributed by atoms with Gasteiger partial charge in [-0.15, -0.1) is 0 Å². The summed E-state index contributed by atoms with van der Waals surface area (Å²) in [6, 6.07) is 12.9. The number of aryl methyl sites for hydroxylation is 1. The molecule has 3 rings (SSSR count). The molecule has 0 saturated carbocycles. The molecule has 0 radical (unpaired) electrons. The molecule has 1 aliphatic heterocycles. The second kappa shape index (κ2) is 9.42. The van der Waals surface area contributed by atoms with Crippen LogP contribution >= 0.6 is 0 Å². The van der Waals surface area contributed by atoms with E-state index in [0.717, 1.165) is 10.5 Å². The Hall–Kier alpha value is -3.68. The topological polar surface area (TPSA) is 108 Å². The van der Waals surface area contributed by atoms with Crippen LogP contribution in [0.3, 0.4) is 0 Å². The van der Waals surface area contributed by atoms with E-state index in [2.05, 4.69) is 16.0 Å². The average molecular weight is 422 g/mol. The lowest BCUT2D eigenvalue weighted by Gasteiger charge is -2.22. The number of amides is 5. The van der Waals surface area contributed by atoms with Crippen molar-refractivity contribution in [3.05, 3.63) is 65.2 Å². The summed E-state index contributed by atoms with van der Waals surface area (Å²) < 4.78 is 0. The second-order valence-corrected chi connectivity index (χ2v) is 7.89. The zero-order valence-electron chi connectivity index (χ0n) is 17.8. The molecule has 1 fully saturated rings. The molecule has 1 heterocycles. The normalized spacial score (nSPS) is 14.4. The molecule has 2 aromatic carbocycles. The smallest absolute Gasteiger partial charge is 0.324 e. The van der Waals surface area contributed by atoms with E-state index in [1.165, 1.54) is 0 Å². The van der Waals surface area contributed by atoms with Gasteiger partial charge in [0.15, 0.2) is 0 Å². The van der Waals surface area contributed by atoms with Crippen molar-refractivity contribution in [3.8, 4) is 0 Å². The summed E-state index contributed by atoms with van der Waals surface area (Å²) in [5.41, 5.74) is 2.67. The van der Waals surface area contributed by atoms with Gasteiger partial charge in [0.2, 0.25) is 11.8 Å². The number of urea groups is 1. The van der Waals surface area contributed by atoms with Crippen LogP contribution in [0.25, 0.3) is 0 Å². The van der Waals surface area contributed by atoms with E-state index in [-0.39, 0.29) is 36.7 Å². The lowest BCUT2D eigenvalue weighted by atomic mass is 10.0. The molecular formula is C23H26N4O4. The first-order valence-corrected chi connectivity index (χ1v) is 10.1. The zero-order chi connectivity index (χ0) is 22.5. The maximum Gasteiger partial charge on any atom is 0.324 e. The molecule has 0 spiro atoms. The van der Waals surface area contributed by atoms with Gasteiger partial charge in [-0.2, -0.15) is 0 Å². The van der Waals surface area contributed by atoms with E-state index in [1.54, 1.807) is 42.5 Å². The number of benzene rings is 2. The minimum atomic E-state index is -0.734. The summed E-state index contributed by atoms with van der Waals surface area (Å²) in [5, 5.41) is 8.11. The Morgan fingerprint density at radius 2 is 1.84 bits per heavy atom. The number of carbonyl (C=O) groups excluding carboxylic acids is 4. The Bertz CT molecular complexity index is 1000. The summed E-state index contributed by atoms with van der Waals surface area (Å²) in [6.45, 7) is 5.72. The first kappa shape index (κ1) is 22.0. The fourth-order valence-corrected chi connectivity index (χ4v) is 3.31. The molecule has 8 nitrogen and oxygen atoms in total. The Balaban J connectivity index is 1.68. The molecule has 2 aromatic rings. The van der Waals surface area contributed by atoms with Gasteiger partial charge < -0.3 is 16.0 Å². The molecule has 5 amide bonds. The molecule has 3 N–H and O–H groups in total. The molecule has 0 bridgehead atoms. The van der Waals surface area contributed by atoms with Crippen molar-refractivity contribution in [1.82, 2.24) is 15.5 Å². The highest BCUT2D eigenvalue weighted by atomic mass is 16.2. The Morgan fingerprint density at radius 1 is 1.10 bits per heavy atom. The molecule has 8 heteroatoms. The number of anilines is 1. The number of rotatable bonds is 7.